The van der Waals surface area contributed by atoms with Crippen LogP contribution in [0.15, 0.2) is 60.7 Å². The number of rotatable bonds is 7. The molecule has 0 heterocycles. The van der Waals surface area contributed by atoms with Gasteiger partial charge in [-0.3, -0.25) is 4.57 Å². The monoisotopic (exact) mass is 360 g/mol. The summed E-state index contributed by atoms with van der Waals surface area (Å²) in [4.78, 5) is 0. The van der Waals surface area contributed by atoms with Gasteiger partial charge in [-0.1, -0.05) is 67.1 Å². The van der Waals surface area contributed by atoms with Crippen molar-refractivity contribution >= 4 is 7.60 Å². The molecule has 25 heavy (non-hydrogen) atoms. The first-order valence-electron chi connectivity index (χ1n) is 8.81. The molecule has 4 nitrogen and oxygen atoms in total. The van der Waals surface area contributed by atoms with Gasteiger partial charge in [0.25, 0.3) is 0 Å². The van der Waals surface area contributed by atoms with Crippen LogP contribution in [0, 0.1) is 0 Å². The fraction of sp³-hybridized carbons (Fsp3) is 0.400. The van der Waals surface area contributed by atoms with Crippen molar-refractivity contribution < 1.29 is 18.7 Å². The van der Waals surface area contributed by atoms with Crippen molar-refractivity contribution in [2.24, 2.45) is 0 Å². The second kappa shape index (κ2) is 8.29. The Bertz CT molecular complexity index is 649. The fourth-order valence-corrected chi connectivity index (χ4v) is 5.19. The molecule has 5 heteroatoms. The van der Waals surface area contributed by atoms with Crippen LogP contribution in [0.1, 0.15) is 43.2 Å². The van der Waals surface area contributed by atoms with Crippen LogP contribution in [-0.4, -0.2) is 10.4 Å². The van der Waals surface area contributed by atoms with Gasteiger partial charge in [-0.2, -0.15) is 0 Å². The summed E-state index contributed by atoms with van der Waals surface area (Å²) >= 11 is 0. The van der Waals surface area contributed by atoms with Crippen LogP contribution < -0.4 is 0 Å². The summed E-state index contributed by atoms with van der Waals surface area (Å²) in [6.45, 7) is 0.324. The van der Waals surface area contributed by atoms with Crippen LogP contribution in [0.5, 0.6) is 0 Å². The Morgan fingerprint density at radius 2 is 1.24 bits per heavy atom. The van der Waals surface area contributed by atoms with Crippen molar-refractivity contribution in [3.8, 4) is 0 Å². The van der Waals surface area contributed by atoms with Gasteiger partial charge in [0, 0.05) is 0 Å². The van der Waals surface area contributed by atoms with E-state index in [4.69, 9.17) is 9.05 Å². The van der Waals surface area contributed by atoms with Gasteiger partial charge in [0.05, 0.1) is 13.2 Å². The Morgan fingerprint density at radius 1 is 0.800 bits per heavy atom. The first-order chi connectivity index (χ1) is 12.1. The number of benzene rings is 2. The van der Waals surface area contributed by atoms with E-state index in [-0.39, 0.29) is 13.2 Å². The smallest absolute Gasteiger partial charge is 0.362 e. The molecule has 1 aliphatic carbocycles. The summed E-state index contributed by atoms with van der Waals surface area (Å²) in [6, 6.07) is 19.1. The highest BCUT2D eigenvalue weighted by molar-refractivity contribution is 7.55. The maximum absolute atomic E-state index is 13.5. The largest absolute Gasteiger partial charge is 0.377 e. The van der Waals surface area contributed by atoms with E-state index in [2.05, 4.69) is 0 Å². The topological polar surface area (TPSA) is 55.8 Å². The van der Waals surface area contributed by atoms with E-state index in [1.807, 2.05) is 60.7 Å². The SMILES string of the molecule is O=P(OCc1ccccc1)(OCc1ccccc1)C1(O)CCCCC1. The minimum absolute atomic E-state index is 0.162. The van der Waals surface area contributed by atoms with Gasteiger partial charge in [-0.25, -0.2) is 0 Å². The zero-order valence-electron chi connectivity index (χ0n) is 14.3. The molecule has 0 spiro atoms. The molecule has 3 rings (SSSR count). The van der Waals surface area contributed by atoms with E-state index < -0.39 is 12.9 Å². The van der Waals surface area contributed by atoms with Crippen molar-refractivity contribution in [3.63, 3.8) is 0 Å². The summed E-state index contributed by atoms with van der Waals surface area (Å²) in [5.74, 6) is 0. The van der Waals surface area contributed by atoms with Crippen molar-refractivity contribution in [1.82, 2.24) is 0 Å². The second-order valence-electron chi connectivity index (χ2n) is 6.56. The lowest BCUT2D eigenvalue weighted by molar-refractivity contribution is 0.0317. The van der Waals surface area contributed by atoms with Crippen LogP contribution in [0.25, 0.3) is 0 Å². The number of aliphatic hydroxyl groups is 1. The predicted octanol–water partition coefficient (Wildman–Crippen LogP) is 5.27. The normalized spacial score (nSPS) is 17.3. The highest BCUT2D eigenvalue weighted by Gasteiger charge is 2.50. The molecule has 1 saturated carbocycles. The molecule has 0 amide bonds. The molecule has 0 atom stereocenters. The number of hydrogen-bond acceptors (Lipinski definition) is 4. The van der Waals surface area contributed by atoms with Crippen molar-refractivity contribution in [3.05, 3.63) is 71.8 Å². The van der Waals surface area contributed by atoms with Crippen LogP contribution in [0.2, 0.25) is 0 Å². The highest BCUT2D eigenvalue weighted by Crippen LogP contribution is 2.64. The zero-order valence-corrected chi connectivity index (χ0v) is 15.2. The van der Waals surface area contributed by atoms with Gasteiger partial charge in [-0.05, 0) is 36.8 Å². The van der Waals surface area contributed by atoms with E-state index in [0.717, 1.165) is 30.4 Å². The fourth-order valence-electron chi connectivity index (χ4n) is 3.14. The van der Waals surface area contributed by atoms with E-state index in [1.165, 1.54) is 0 Å². The molecule has 134 valence electrons. The summed E-state index contributed by atoms with van der Waals surface area (Å²) in [6.07, 6.45) is 3.62. The summed E-state index contributed by atoms with van der Waals surface area (Å²) in [5.41, 5.74) is 1.82. The molecule has 1 N–H and O–H groups in total. The summed E-state index contributed by atoms with van der Waals surface area (Å²) in [7, 11) is -3.68. The van der Waals surface area contributed by atoms with Gasteiger partial charge in [-0.15, -0.1) is 0 Å². The Morgan fingerprint density at radius 3 is 1.68 bits per heavy atom. The molecule has 2 aromatic rings. The third kappa shape index (κ3) is 4.59. The molecule has 0 aliphatic heterocycles. The minimum Gasteiger partial charge on any atom is -0.377 e. The van der Waals surface area contributed by atoms with Gasteiger partial charge < -0.3 is 14.2 Å². The maximum Gasteiger partial charge on any atom is 0.362 e. The molecule has 0 unspecified atom stereocenters. The minimum atomic E-state index is -3.68. The molecule has 0 saturated heterocycles. The molecule has 1 fully saturated rings. The van der Waals surface area contributed by atoms with E-state index in [9.17, 15) is 9.67 Å². The first-order valence-corrected chi connectivity index (χ1v) is 10.4. The highest BCUT2D eigenvalue weighted by atomic mass is 31.2. The Balaban J connectivity index is 1.76. The van der Waals surface area contributed by atoms with E-state index in [0.29, 0.717) is 12.8 Å². The maximum atomic E-state index is 13.5. The van der Waals surface area contributed by atoms with Gasteiger partial charge >= 0.3 is 7.60 Å². The second-order valence-corrected chi connectivity index (χ2v) is 8.90. The molecule has 2 aromatic carbocycles. The van der Waals surface area contributed by atoms with Crippen LogP contribution >= 0.6 is 7.60 Å². The van der Waals surface area contributed by atoms with Gasteiger partial charge in [0.15, 0.2) is 5.34 Å². The zero-order chi connectivity index (χ0) is 17.6. The molecule has 1 aliphatic rings. The molecular formula is C20H25O4P. The predicted molar refractivity (Wildman–Crippen MR) is 98.1 cm³/mol. The van der Waals surface area contributed by atoms with Crippen LogP contribution in [0.4, 0.5) is 0 Å². The molecule has 0 bridgehead atoms. The van der Waals surface area contributed by atoms with Gasteiger partial charge in [0.2, 0.25) is 0 Å². The third-order valence-corrected chi connectivity index (χ3v) is 7.06. The van der Waals surface area contributed by atoms with Crippen LogP contribution in [0.3, 0.4) is 0 Å². The van der Waals surface area contributed by atoms with Gasteiger partial charge in [0.1, 0.15) is 0 Å². The average Bonchev–Trinajstić information content (AvgIpc) is 2.67. The lowest BCUT2D eigenvalue weighted by Crippen LogP contribution is -2.33. The van der Waals surface area contributed by atoms with E-state index in [1.54, 1.807) is 0 Å². The Hall–Kier alpha value is -1.45. The van der Waals surface area contributed by atoms with Crippen LogP contribution in [-0.2, 0) is 26.8 Å². The van der Waals surface area contributed by atoms with Crippen molar-refractivity contribution in [1.29, 1.82) is 0 Å². The van der Waals surface area contributed by atoms with Crippen molar-refractivity contribution in [2.75, 3.05) is 0 Å². The number of hydrogen-bond donors (Lipinski definition) is 1. The standard InChI is InChI=1S/C20H25O4P/c21-20(14-8-3-9-15-20)25(22,23-16-18-10-4-1-5-11-18)24-17-19-12-6-2-7-13-19/h1-2,4-7,10-13,21H,3,8-9,14-17H2. The molecular weight excluding hydrogens is 335 g/mol. The third-order valence-electron chi connectivity index (χ3n) is 4.65. The van der Waals surface area contributed by atoms with E-state index >= 15 is 0 Å². The van der Waals surface area contributed by atoms with Crippen molar-refractivity contribution in [2.45, 2.75) is 50.7 Å². The Kier molecular flexibility index (Phi) is 6.08. The Labute approximate surface area is 149 Å². The summed E-state index contributed by atoms with van der Waals surface area (Å²) < 4.78 is 25.1. The lowest BCUT2D eigenvalue weighted by atomic mass is 9.97. The first kappa shape index (κ1) is 18.3. The summed E-state index contributed by atoms with van der Waals surface area (Å²) in [5, 5.41) is 9.64. The lowest BCUT2D eigenvalue weighted by Gasteiger charge is -2.37. The molecule has 0 aromatic heterocycles. The quantitative estimate of drug-likeness (QED) is 0.684. The average molecular weight is 360 g/mol. The molecule has 0 radical (unpaired) electrons.